The Hall–Kier alpha value is -0.560. The van der Waals surface area contributed by atoms with E-state index < -0.39 is 9.84 Å². The molecule has 1 N–H and O–H groups in total. The van der Waals surface area contributed by atoms with E-state index in [-0.39, 0.29) is 17.4 Å². The van der Waals surface area contributed by atoms with Crippen LogP contribution in [0.4, 0.5) is 0 Å². The normalized spacial score (nSPS) is 21.6. The number of aromatic amines is 1. The Morgan fingerprint density at radius 3 is 2.70 bits per heavy atom. The van der Waals surface area contributed by atoms with Crippen LogP contribution < -0.4 is 0 Å². The molecule has 0 bridgehead atoms. The topological polar surface area (TPSA) is 54.9 Å². The van der Waals surface area contributed by atoms with E-state index in [0.29, 0.717) is 27.8 Å². The number of fused-ring (bicyclic) bond motifs is 1. The van der Waals surface area contributed by atoms with Crippen molar-refractivity contribution in [3.05, 3.63) is 26.9 Å². The Labute approximate surface area is 131 Å². The van der Waals surface area contributed by atoms with Gasteiger partial charge in [0, 0.05) is 6.54 Å². The molecule has 1 fully saturated rings. The fourth-order valence-corrected chi connectivity index (χ4v) is 5.06. The number of hydrogen-bond acceptors (Lipinski definition) is 3. The fraction of sp³-hybridized carbons (Fsp3) is 0.417. The number of rotatable bonds is 2. The van der Waals surface area contributed by atoms with Gasteiger partial charge in [-0.05, 0) is 36.7 Å². The summed E-state index contributed by atoms with van der Waals surface area (Å²) < 4.78 is 25.5. The van der Waals surface area contributed by atoms with E-state index in [0.717, 1.165) is 11.0 Å². The molecule has 1 saturated heterocycles. The molecule has 1 aromatic heterocycles. The Balaban J connectivity index is 2.02. The number of benzene rings is 1. The molecule has 0 aliphatic carbocycles. The summed E-state index contributed by atoms with van der Waals surface area (Å²) in [5, 5.41) is 0.923. The third-order valence-electron chi connectivity index (χ3n) is 3.58. The van der Waals surface area contributed by atoms with Gasteiger partial charge in [-0.2, -0.15) is 0 Å². The van der Waals surface area contributed by atoms with E-state index in [4.69, 9.17) is 35.4 Å². The average Bonchev–Trinajstić information content (AvgIpc) is 2.83. The molecule has 1 atom stereocenters. The number of nitrogens with zero attached hydrogens (tertiary/aromatic N) is 1. The van der Waals surface area contributed by atoms with Crippen LogP contribution >= 0.6 is 35.4 Å². The first-order valence-corrected chi connectivity index (χ1v) is 9.12. The quantitative estimate of drug-likeness (QED) is 0.844. The zero-order valence-electron chi connectivity index (χ0n) is 10.4. The van der Waals surface area contributed by atoms with E-state index >= 15 is 0 Å². The summed E-state index contributed by atoms with van der Waals surface area (Å²) >= 11 is 17.3. The van der Waals surface area contributed by atoms with Crippen molar-refractivity contribution in [2.45, 2.75) is 13.0 Å². The highest BCUT2D eigenvalue weighted by molar-refractivity contribution is 7.91. The second-order valence-electron chi connectivity index (χ2n) is 5.09. The minimum atomic E-state index is -2.88. The summed E-state index contributed by atoms with van der Waals surface area (Å²) in [5.74, 6) is 0.586. The third kappa shape index (κ3) is 2.62. The van der Waals surface area contributed by atoms with Gasteiger partial charge in [-0.25, -0.2) is 8.42 Å². The maximum Gasteiger partial charge on any atom is 0.178 e. The SMILES string of the molecule is O=S1(=O)CCC(Cn2c(=S)[nH]c3cc(Cl)c(Cl)cc32)C1. The summed E-state index contributed by atoms with van der Waals surface area (Å²) in [5.41, 5.74) is 1.67. The highest BCUT2D eigenvalue weighted by Crippen LogP contribution is 2.29. The van der Waals surface area contributed by atoms with Crippen molar-refractivity contribution in [1.29, 1.82) is 0 Å². The Kier molecular flexibility index (Phi) is 3.61. The van der Waals surface area contributed by atoms with Crippen LogP contribution in [-0.4, -0.2) is 29.5 Å². The van der Waals surface area contributed by atoms with Crippen molar-refractivity contribution in [2.75, 3.05) is 11.5 Å². The zero-order chi connectivity index (χ0) is 14.5. The second-order valence-corrected chi connectivity index (χ2v) is 8.52. The average molecular weight is 351 g/mol. The van der Waals surface area contributed by atoms with Gasteiger partial charge in [-0.1, -0.05) is 23.2 Å². The van der Waals surface area contributed by atoms with Gasteiger partial charge in [-0.3, -0.25) is 0 Å². The van der Waals surface area contributed by atoms with Gasteiger partial charge in [0.25, 0.3) is 0 Å². The van der Waals surface area contributed by atoms with E-state index in [1.54, 1.807) is 12.1 Å². The molecule has 4 nitrogen and oxygen atoms in total. The molecule has 1 aromatic carbocycles. The molecule has 1 unspecified atom stereocenters. The van der Waals surface area contributed by atoms with E-state index in [1.807, 2.05) is 4.57 Å². The summed E-state index contributed by atoms with van der Waals surface area (Å²) in [7, 11) is -2.88. The first kappa shape index (κ1) is 14.4. The van der Waals surface area contributed by atoms with Crippen molar-refractivity contribution < 1.29 is 8.42 Å². The molecule has 8 heteroatoms. The van der Waals surface area contributed by atoms with Gasteiger partial charge < -0.3 is 9.55 Å². The van der Waals surface area contributed by atoms with Crippen LogP contribution in [0, 0.1) is 10.7 Å². The molecule has 1 aliphatic rings. The first-order valence-electron chi connectivity index (χ1n) is 6.14. The summed E-state index contributed by atoms with van der Waals surface area (Å²) in [6, 6.07) is 3.49. The monoisotopic (exact) mass is 350 g/mol. The van der Waals surface area contributed by atoms with E-state index in [9.17, 15) is 8.42 Å². The molecule has 2 aromatic rings. The van der Waals surface area contributed by atoms with E-state index in [2.05, 4.69) is 4.98 Å². The lowest BCUT2D eigenvalue weighted by Crippen LogP contribution is -2.12. The van der Waals surface area contributed by atoms with Crippen molar-refractivity contribution >= 4 is 56.3 Å². The van der Waals surface area contributed by atoms with Gasteiger partial charge >= 0.3 is 0 Å². The van der Waals surface area contributed by atoms with Crippen LogP contribution in [-0.2, 0) is 16.4 Å². The molecular formula is C12H12Cl2N2O2S2. The highest BCUT2D eigenvalue weighted by Gasteiger charge is 2.28. The number of nitrogens with one attached hydrogen (secondary N) is 1. The molecule has 3 rings (SSSR count). The molecule has 1 aliphatic heterocycles. The van der Waals surface area contributed by atoms with Crippen molar-refractivity contribution in [3.8, 4) is 0 Å². The molecule has 0 amide bonds. The third-order valence-corrected chi connectivity index (χ3v) is 6.47. The molecule has 0 saturated carbocycles. The Bertz CT molecular complexity index is 839. The van der Waals surface area contributed by atoms with Crippen molar-refractivity contribution in [2.24, 2.45) is 5.92 Å². The molecule has 108 valence electrons. The smallest absolute Gasteiger partial charge is 0.178 e. The van der Waals surface area contributed by atoms with Crippen LogP contribution in [0.2, 0.25) is 10.0 Å². The molecule has 0 spiro atoms. The Morgan fingerprint density at radius 2 is 2.05 bits per heavy atom. The molecular weight excluding hydrogens is 339 g/mol. The fourth-order valence-electron chi connectivity index (χ4n) is 2.61. The zero-order valence-corrected chi connectivity index (χ0v) is 13.5. The second kappa shape index (κ2) is 5.02. The first-order chi connectivity index (χ1) is 9.35. The number of imidazole rings is 1. The standard InChI is InChI=1S/C12H12Cl2N2O2S2/c13-8-3-10-11(4-9(8)14)16(12(19)15-10)5-7-1-2-20(17,18)6-7/h3-4,7H,1-2,5-6H2,(H,15,19). The molecule has 0 radical (unpaired) electrons. The minimum Gasteiger partial charge on any atom is -0.331 e. The lowest BCUT2D eigenvalue weighted by atomic mass is 10.1. The predicted molar refractivity (Wildman–Crippen MR) is 83.9 cm³/mol. The Morgan fingerprint density at radius 1 is 1.35 bits per heavy atom. The van der Waals surface area contributed by atoms with Gasteiger partial charge in [-0.15, -0.1) is 0 Å². The van der Waals surface area contributed by atoms with Crippen molar-refractivity contribution in [1.82, 2.24) is 9.55 Å². The minimum absolute atomic E-state index is 0.0974. The number of halogens is 2. The maximum absolute atomic E-state index is 11.5. The van der Waals surface area contributed by atoms with Crippen LogP contribution in [0.15, 0.2) is 12.1 Å². The molecule has 2 heterocycles. The van der Waals surface area contributed by atoms with Crippen LogP contribution in [0.1, 0.15) is 6.42 Å². The van der Waals surface area contributed by atoms with Crippen LogP contribution in [0.25, 0.3) is 11.0 Å². The summed E-state index contributed by atoms with van der Waals surface area (Å²) in [6.45, 7) is 0.579. The van der Waals surface area contributed by atoms with Crippen LogP contribution in [0.5, 0.6) is 0 Å². The van der Waals surface area contributed by atoms with Crippen LogP contribution in [0.3, 0.4) is 0 Å². The predicted octanol–water partition coefficient (Wildman–Crippen LogP) is 3.44. The van der Waals surface area contributed by atoms with Gasteiger partial charge in [0.15, 0.2) is 14.6 Å². The summed E-state index contributed by atoms with van der Waals surface area (Å²) in [6.07, 6.45) is 0.679. The summed E-state index contributed by atoms with van der Waals surface area (Å²) in [4.78, 5) is 3.08. The van der Waals surface area contributed by atoms with Gasteiger partial charge in [0.2, 0.25) is 0 Å². The van der Waals surface area contributed by atoms with Crippen molar-refractivity contribution in [3.63, 3.8) is 0 Å². The lowest BCUT2D eigenvalue weighted by Gasteiger charge is -2.10. The van der Waals surface area contributed by atoms with Gasteiger partial charge in [0.1, 0.15) is 0 Å². The number of aromatic nitrogens is 2. The number of hydrogen-bond donors (Lipinski definition) is 1. The number of sulfone groups is 1. The molecule has 20 heavy (non-hydrogen) atoms. The van der Waals surface area contributed by atoms with Gasteiger partial charge in [0.05, 0.1) is 32.6 Å². The highest BCUT2D eigenvalue weighted by atomic mass is 35.5. The lowest BCUT2D eigenvalue weighted by molar-refractivity contribution is 0.495. The largest absolute Gasteiger partial charge is 0.331 e. The maximum atomic E-state index is 11.5. The van der Waals surface area contributed by atoms with E-state index in [1.165, 1.54) is 0 Å². The number of H-pyrrole nitrogens is 1.